The van der Waals surface area contributed by atoms with Crippen LogP contribution in [0.5, 0.6) is 0 Å². The van der Waals surface area contributed by atoms with Crippen LogP contribution in [0.25, 0.3) is 22.2 Å². The van der Waals surface area contributed by atoms with Crippen LogP contribution in [0.3, 0.4) is 0 Å². The van der Waals surface area contributed by atoms with Crippen LogP contribution in [0.1, 0.15) is 28.7 Å². The average Bonchev–Trinajstić information content (AvgIpc) is 3.45. The van der Waals surface area contributed by atoms with Crippen LogP contribution in [-0.4, -0.2) is 26.2 Å². The van der Waals surface area contributed by atoms with Gasteiger partial charge in [-0.2, -0.15) is 5.10 Å². The number of imidazole rings is 1. The lowest BCUT2D eigenvalue weighted by molar-refractivity contribution is 0.236. The molecule has 7 nitrogen and oxygen atoms in total. The van der Waals surface area contributed by atoms with Gasteiger partial charge in [0.2, 0.25) is 0 Å². The topological polar surface area (TPSA) is 98.5 Å². The monoisotopic (exact) mass is 518 g/mol. The third-order valence-corrected chi connectivity index (χ3v) is 6.47. The number of urea groups is 1. The zero-order chi connectivity index (χ0) is 25.1. The molecule has 2 aromatic heterocycles. The highest BCUT2D eigenvalue weighted by Gasteiger charge is 2.22. The Balaban J connectivity index is 1.39. The van der Waals surface area contributed by atoms with Crippen LogP contribution in [0.2, 0.25) is 10.2 Å². The van der Waals surface area contributed by atoms with E-state index in [4.69, 9.17) is 28.2 Å². The van der Waals surface area contributed by atoms with E-state index in [0.29, 0.717) is 34.7 Å². The van der Waals surface area contributed by atoms with E-state index >= 15 is 0 Å². The first-order valence-corrected chi connectivity index (χ1v) is 12.2. The van der Waals surface area contributed by atoms with E-state index in [1.165, 1.54) is 0 Å². The van der Waals surface area contributed by atoms with Crippen molar-refractivity contribution in [2.75, 3.05) is 0 Å². The minimum absolute atomic E-state index is 0.321. The van der Waals surface area contributed by atoms with Gasteiger partial charge in [-0.3, -0.25) is 5.10 Å². The largest absolute Gasteiger partial charge is 0.334 e. The first-order chi connectivity index (χ1) is 17.5. The zero-order valence-electron chi connectivity index (χ0n) is 19.5. The highest BCUT2D eigenvalue weighted by Crippen LogP contribution is 2.30. The van der Waals surface area contributed by atoms with Crippen molar-refractivity contribution in [1.29, 1.82) is 0 Å². The number of hydrogen-bond donors (Lipinski definition) is 4. The van der Waals surface area contributed by atoms with Gasteiger partial charge in [-0.15, -0.1) is 0 Å². The SMILES string of the molecule is Cc1[nH]nc2cc(-c3nc([C@H](Cc4ccccc4)NC(=O)NCc4cccc(Cl)c4)[nH]c3Cl)ccc12. The lowest BCUT2D eigenvalue weighted by atomic mass is 10.1. The number of carbonyl (C=O) groups is 1. The molecular weight excluding hydrogens is 495 g/mol. The number of hydrogen-bond acceptors (Lipinski definition) is 3. The van der Waals surface area contributed by atoms with Crippen LogP contribution in [0, 0.1) is 6.92 Å². The molecule has 0 saturated carbocycles. The summed E-state index contributed by atoms with van der Waals surface area (Å²) < 4.78 is 0. The van der Waals surface area contributed by atoms with Gasteiger partial charge >= 0.3 is 6.03 Å². The Morgan fingerprint density at radius 3 is 2.61 bits per heavy atom. The number of nitrogens with one attached hydrogen (secondary N) is 4. The summed E-state index contributed by atoms with van der Waals surface area (Å²) in [6, 6.07) is 22.4. The van der Waals surface area contributed by atoms with E-state index in [9.17, 15) is 4.79 Å². The molecule has 36 heavy (non-hydrogen) atoms. The highest BCUT2D eigenvalue weighted by molar-refractivity contribution is 6.32. The fourth-order valence-electron chi connectivity index (χ4n) is 4.12. The first-order valence-electron chi connectivity index (χ1n) is 11.5. The van der Waals surface area contributed by atoms with Crippen LogP contribution >= 0.6 is 23.2 Å². The molecule has 2 amide bonds. The highest BCUT2D eigenvalue weighted by atomic mass is 35.5. The molecule has 4 N–H and O–H groups in total. The summed E-state index contributed by atoms with van der Waals surface area (Å²) in [6.45, 7) is 2.32. The van der Waals surface area contributed by atoms with Gasteiger partial charge in [0, 0.05) is 28.2 Å². The molecule has 1 atom stereocenters. The number of halogens is 2. The molecule has 5 aromatic rings. The van der Waals surface area contributed by atoms with Crippen molar-refractivity contribution in [2.24, 2.45) is 0 Å². The number of fused-ring (bicyclic) bond motifs is 1. The number of carbonyl (C=O) groups excluding carboxylic acids is 1. The molecule has 2 heterocycles. The summed E-state index contributed by atoms with van der Waals surface area (Å²) in [5.74, 6) is 0.565. The number of aryl methyl sites for hydroxylation is 1. The number of rotatable bonds is 7. The van der Waals surface area contributed by atoms with Gasteiger partial charge in [0.25, 0.3) is 0 Å². The third kappa shape index (κ3) is 5.37. The van der Waals surface area contributed by atoms with E-state index in [1.54, 1.807) is 6.07 Å². The molecule has 0 spiro atoms. The second kappa shape index (κ2) is 10.4. The molecule has 182 valence electrons. The minimum atomic E-state index is -0.436. The molecule has 3 aromatic carbocycles. The fourth-order valence-corrected chi connectivity index (χ4v) is 4.58. The maximum absolute atomic E-state index is 12.8. The molecule has 9 heteroatoms. The van der Waals surface area contributed by atoms with Gasteiger partial charge in [-0.1, -0.05) is 77.8 Å². The van der Waals surface area contributed by atoms with E-state index in [-0.39, 0.29) is 6.03 Å². The predicted octanol–water partition coefficient (Wildman–Crippen LogP) is 6.35. The van der Waals surface area contributed by atoms with Gasteiger partial charge in [0.15, 0.2) is 0 Å². The maximum Gasteiger partial charge on any atom is 0.315 e. The molecule has 0 aliphatic heterocycles. The second-order valence-electron chi connectivity index (χ2n) is 8.56. The Morgan fingerprint density at radius 1 is 1.00 bits per heavy atom. The summed E-state index contributed by atoms with van der Waals surface area (Å²) in [5, 5.41) is 15.3. The van der Waals surface area contributed by atoms with Gasteiger partial charge in [0.05, 0.1) is 11.6 Å². The van der Waals surface area contributed by atoms with Gasteiger partial charge < -0.3 is 15.6 Å². The third-order valence-electron chi connectivity index (χ3n) is 5.96. The summed E-state index contributed by atoms with van der Waals surface area (Å²) in [5.41, 5.74) is 5.25. The van der Waals surface area contributed by atoms with Crippen molar-refractivity contribution in [3.63, 3.8) is 0 Å². The average molecular weight is 519 g/mol. The van der Waals surface area contributed by atoms with Crippen molar-refractivity contribution < 1.29 is 4.79 Å². The van der Waals surface area contributed by atoms with Crippen molar-refractivity contribution in [1.82, 2.24) is 30.8 Å². The Bertz CT molecular complexity index is 1510. The summed E-state index contributed by atoms with van der Waals surface area (Å²) in [4.78, 5) is 20.8. The Hall–Kier alpha value is -3.81. The normalized spacial score (nSPS) is 12.0. The minimum Gasteiger partial charge on any atom is -0.334 e. The summed E-state index contributed by atoms with van der Waals surface area (Å²) in [7, 11) is 0. The van der Waals surface area contributed by atoms with Crippen LogP contribution in [-0.2, 0) is 13.0 Å². The molecule has 5 rings (SSSR count). The standard InChI is InChI=1S/C27H24Cl2N6O/c1-16-21-11-10-19(14-22(21)35-34-16)24-25(29)33-26(32-24)23(13-17-6-3-2-4-7-17)31-27(36)30-15-18-8-5-9-20(28)12-18/h2-12,14,23H,13,15H2,1H3,(H,32,33)(H,34,35)(H2,30,31,36)/t23-/m0/s1. The number of aromatic nitrogens is 4. The summed E-state index contributed by atoms with van der Waals surface area (Å²) in [6.07, 6.45) is 0.534. The molecule has 0 radical (unpaired) electrons. The lowest BCUT2D eigenvalue weighted by Crippen LogP contribution is -2.38. The number of amides is 2. The van der Waals surface area contributed by atoms with E-state index < -0.39 is 6.04 Å². The first kappa shape index (κ1) is 23.9. The van der Waals surface area contributed by atoms with Crippen LogP contribution < -0.4 is 10.6 Å². The van der Waals surface area contributed by atoms with Gasteiger partial charge in [0.1, 0.15) is 16.7 Å². The van der Waals surface area contributed by atoms with Gasteiger partial charge in [-0.25, -0.2) is 9.78 Å². The van der Waals surface area contributed by atoms with Gasteiger partial charge in [-0.05, 0) is 42.7 Å². The molecule has 0 aliphatic rings. The van der Waals surface area contributed by atoms with Crippen molar-refractivity contribution >= 4 is 40.1 Å². The van der Waals surface area contributed by atoms with E-state index in [2.05, 4.69) is 25.8 Å². The van der Waals surface area contributed by atoms with Crippen LogP contribution in [0.15, 0.2) is 72.8 Å². The molecule has 0 fully saturated rings. The Labute approximate surface area is 218 Å². The lowest BCUT2D eigenvalue weighted by Gasteiger charge is -2.17. The number of benzene rings is 3. The maximum atomic E-state index is 12.8. The van der Waals surface area contributed by atoms with Crippen LogP contribution in [0.4, 0.5) is 4.79 Å². The van der Waals surface area contributed by atoms with Crippen molar-refractivity contribution in [3.05, 3.63) is 106 Å². The Morgan fingerprint density at radius 2 is 1.81 bits per heavy atom. The number of H-pyrrole nitrogens is 2. The molecular formula is C27H24Cl2N6O. The number of aromatic amines is 2. The Kier molecular flexibility index (Phi) is 6.93. The molecule has 0 bridgehead atoms. The fraction of sp³-hybridized carbons (Fsp3) is 0.148. The smallest absolute Gasteiger partial charge is 0.315 e. The predicted molar refractivity (Wildman–Crippen MR) is 143 cm³/mol. The quantitative estimate of drug-likeness (QED) is 0.202. The van der Waals surface area contributed by atoms with Crippen molar-refractivity contribution in [3.8, 4) is 11.3 Å². The van der Waals surface area contributed by atoms with Crippen molar-refractivity contribution in [2.45, 2.75) is 25.9 Å². The molecule has 0 aliphatic carbocycles. The second-order valence-corrected chi connectivity index (χ2v) is 9.38. The molecule has 0 saturated heterocycles. The molecule has 0 unspecified atom stereocenters. The summed E-state index contributed by atoms with van der Waals surface area (Å²) >= 11 is 12.6. The van der Waals surface area contributed by atoms with E-state index in [1.807, 2.05) is 73.7 Å². The number of nitrogens with zero attached hydrogens (tertiary/aromatic N) is 2. The van der Waals surface area contributed by atoms with E-state index in [0.717, 1.165) is 33.3 Å². The zero-order valence-corrected chi connectivity index (χ0v) is 21.0.